The maximum Gasteiger partial charge on any atom is 0.248 e. The maximum atomic E-state index is 12.4. The normalized spacial score (nSPS) is 12.5. The monoisotopic (exact) mass is 260 g/mol. The molecule has 2 aromatic rings. The number of rotatable bonds is 4. The van der Waals surface area contributed by atoms with Crippen molar-refractivity contribution < 1.29 is 9.90 Å². The minimum Gasteiger partial charge on any atom is -0.506 e. The lowest BCUT2D eigenvalue weighted by Crippen LogP contribution is -2.33. The number of phenols is 1. The average Bonchev–Trinajstić information content (AvgIpc) is 2.41. The van der Waals surface area contributed by atoms with E-state index in [0.29, 0.717) is 22.9 Å². The highest BCUT2D eigenvalue weighted by Crippen LogP contribution is 2.25. The molecule has 0 spiro atoms. The number of pyridine rings is 1. The Morgan fingerprint density at radius 2 is 2.11 bits per heavy atom. The molecular weight excluding hydrogens is 244 g/mol. The van der Waals surface area contributed by atoms with Gasteiger partial charge in [-0.25, -0.2) is 0 Å². The first kappa shape index (κ1) is 13.3. The molecule has 0 fully saturated rings. The van der Waals surface area contributed by atoms with Crippen molar-refractivity contribution in [3.8, 4) is 5.75 Å². The average molecular weight is 260 g/mol. The van der Waals surface area contributed by atoms with E-state index in [1.54, 1.807) is 19.2 Å². The first-order valence-electron chi connectivity index (χ1n) is 6.15. The topological polar surface area (TPSA) is 82.2 Å². The van der Waals surface area contributed by atoms with E-state index in [0.717, 1.165) is 0 Å². The standard InChI is InChI=1S/C14H16N2O3/c1-3-10(15-2)14(19)9-4-6-11(17)13-8(9)5-7-12(18)16-13/h4-7,10,15,17H,3H2,1-2H3,(H,16,18). The van der Waals surface area contributed by atoms with E-state index < -0.39 is 0 Å². The summed E-state index contributed by atoms with van der Waals surface area (Å²) >= 11 is 0. The molecule has 0 aliphatic rings. The first-order valence-corrected chi connectivity index (χ1v) is 6.15. The second-order valence-corrected chi connectivity index (χ2v) is 4.36. The molecule has 0 aliphatic carbocycles. The van der Waals surface area contributed by atoms with Crippen LogP contribution >= 0.6 is 0 Å². The third-order valence-corrected chi connectivity index (χ3v) is 3.21. The lowest BCUT2D eigenvalue weighted by Gasteiger charge is -2.14. The summed E-state index contributed by atoms with van der Waals surface area (Å²) in [5, 5.41) is 13.3. The van der Waals surface area contributed by atoms with Crippen LogP contribution < -0.4 is 10.9 Å². The number of benzene rings is 1. The Labute approximate surface area is 110 Å². The number of Topliss-reactive ketones (excluding diaryl/α,β-unsaturated/α-hetero) is 1. The summed E-state index contributed by atoms with van der Waals surface area (Å²) in [4.78, 5) is 26.2. The summed E-state index contributed by atoms with van der Waals surface area (Å²) in [6.07, 6.45) is 0.668. The molecule has 0 saturated heterocycles. The highest BCUT2D eigenvalue weighted by molar-refractivity contribution is 6.10. The van der Waals surface area contributed by atoms with Crippen LogP contribution in [0.3, 0.4) is 0 Å². The molecule has 1 aromatic heterocycles. The molecule has 1 heterocycles. The van der Waals surface area contributed by atoms with E-state index in [4.69, 9.17) is 0 Å². The Balaban J connectivity index is 2.65. The van der Waals surface area contributed by atoms with Crippen molar-refractivity contribution in [2.75, 3.05) is 7.05 Å². The second-order valence-electron chi connectivity index (χ2n) is 4.36. The fraction of sp³-hybridized carbons (Fsp3) is 0.286. The van der Waals surface area contributed by atoms with Gasteiger partial charge < -0.3 is 15.4 Å². The summed E-state index contributed by atoms with van der Waals surface area (Å²) in [6.45, 7) is 1.92. The molecular formula is C14H16N2O3. The van der Waals surface area contributed by atoms with Crippen molar-refractivity contribution in [3.05, 3.63) is 40.2 Å². The number of nitrogens with one attached hydrogen (secondary N) is 2. The number of H-pyrrole nitrogens is 1. The van der Waals surface area contributed by atoms with Gasteiger partial charge in [-0.3, -0.25) is 9.59 Å². The Bertz CT molecular complexity index is 672. The number of phenolic OH excluding ortho intramolecular Hbond substituents is 1. The third-order valence-electron chi connectivity index (χ3n) is 3.21. The molecule has 0 saturated carbocycles. The summed E-state index contributed by atoms with van der Waals surface area (Å²) in [7, 11) is 1.73. The summed E-state index contributed by atoms with van der Waals surface area (Å²) in [6, 6.07) is 5.63. The zero-order valence-corrected chi connectivity index (χ0v) is 10.9. The van der Waals surface area contributed by atoms with E-state index in [9.17, 15) is 14.7 Å². The molecule has 0 radical (unpaired) electrons. The Hall–Kier alpha value is -2.14. The molecule has 19 heavy (non-hydrogen) atoms. The van der Waals surface area contributed by atoms with Crippen LogP contribution in [0.1, 0.15) is 23.7 Å². The van der Waals surface area contributed by atoms with Gasteiger partial charge in [0.2, 0.25) is 5.56 Å². The van der Waals surface area contributed by atoms with Gasteiger partial charge in [0.05, 0.1) is 11.6 Å². The van der Waals surface area contributed by atoms with Crippen molar-refractivity contribution >= 4 is 16.7 Å². The molecule has 100 valence electrons. The van der Waals surface area contributed by atoms with Gasteiger partial charge in [0, 0.05) is 17.0 Å². The molecule has 1 aromatic carbocycles. The molecule has 5 heteroatoms. The molecule has 0 aliphatic heterocycles. The number of ketones is 1. The van der Waals surface area contributed by atoms with Crippen LogP contribution in [-0.4, -0.2) is 29.0 Å². The molecule has 3 N–H and O–H groups in total. The number of aromatic hydroxyl groups is 1. The van der Waals surface area contributed by atoms with Gasteiger partial charge in [0.1, 0.15) is 5.75 Å². The number of aromatic amines is 1. The Morgan fingerprint density at radius 3 is 2.74 bits per heavy atom. The van der Waals surface area contributed by atoms with Crippen LogP contribution in [-0.2, 0) is 0 Å². The minimum absolute atomic E-state index is 0.0400. The Morgan fingerprint density at radius 1 is 1.37 bits per heavy atom. The molecule has 5 nitrogen and oxygen atoms in total. The van der Waals surface area contributed by atoms with Crippen LogP contribution in [0, 0.1) is 0 Å². The van der Waals surface area contributed by atoms with Crippen molar-refractivity contribution in [1.29, 1.82) is 0 Å². The van der Waals surface area contributed by atoms with Crippen LogP contribution in [0.4, 0.5) is 0 Å². The van der Waals surface area contributed by atoms with E-state index in [-0.39, 0.29) is 23.1 Å². The fourth-order valence-electron chi connectivity index (χ4n) is 2.16. The van der Waals surface area contributed by atoms with Gasteiger partial charge in [0.25, 0.3) is 0 Å². The number of fused-ring (bicyclic) bond motifs is 1. The maximum absolute atomic E-state index is 12.4. The van der Waals surface area contributed by atoms with Crippen LogP contribution in [0.15, 0.2) is 29.1 Å². The van der Waals surface area contributed by atoms with Gasteiger partial charge in [0.15, 0.2) is 5.78 Å². The van der Waals surface area contributed by atoms with Gasteiger partial charge in [-0.2, -0.15) is 0 Å². The van der Waals surface area contributed by atoms with Gasteiger partial charge in [-0.05, 0) is 31.7 Å². The summed E-state index contributed by atoms with van der Waals surface area (Å²) in [5.41, 5.74) is 0.475. The van der Waals surface area contributed by atoms with Crippen molar-refractivity contribution in [2.45, 2.75) is 19.4 Å². The SMILES string of the molecule is CCC(NC)C(=O)c1ccc(O)c2[nH]c(=O)ccc12. The predicted octanol–water partition coefficient (Wildman–Crippen LogP) is 1.41. The van der Waals surface area contributed by atoms with E-state index in [1.807, 2.05) is 6.92 Å². The van der Waals surface area contributed by atoms with Crippen molar-refractivity contribution in [3.63, 3.8) is 0 Å². The zero-order valence-electron chi connectivity index (χ0n) is 10.9. The number of aromatic nitrogens is 1. The van der Waals surface area contributed by atoms with Gasteiger partial charge in [-0.15, -0.1) is 0 Å². The first-order chi connectivity index (χ1) is 9.08. The lowest BCUT2D eigenvalue weighted by atomic mass is 9.98. The van der Waals surface area contributed by atoms with Crippen molar-refractivity contribution in [1.82, 2.24) is 10.3 Å². The quantitative estimate of drug-likeness (QED) is 0.726. The third kappa shape index (κ3) is 2.37. The summed E-state index contributed by atoms with van der Waals surface area (Å²) < 4.78 is 0. The van der Waals surface area contributed by atoms with E-state index in [2.05, 4.69) is 10.3 Å². The largest absolute Gasteiger partial charge is 0.506 e. The number of hydrogen-bond donors (Lipinski definition) is 3. The van der Waals surface area contributed by atoms with Crippen LogP contribution in [0.2, 0.25) is 0 Å². The highest BCUT2D eigenvalue weighted by Gasteiger charge is 2.19. The molecule has 1 unspecified atom stereocenters. The van der Waals surface area contributed by atoms with Crippen molar-refractivity contribution in [2.24, 2.45) is 0 Å². The number of hydrogen-bond acceptors (Lipinski definition) is 4. The second kappa shape index (κ2) is 5.24. The number of carbonyl (C=O) groups is 1. The lowest BCUT2D eigenvalue weighted by molar-refractivity contribution is 0.0946. The van der Waals surface area contributed by atoms with Gasteiger partial charge in [-0.1, -0.05) is 6.92 Å². The molecule has 0 amide bonds. The number of likely N-dealkylation sites (N-methyl/N-ethyl adjacent to an activating group) is 1. The number of carbonyl (C=O) groups excluding carboxylic acids is 1. The Kier molecular flexibility index (Phi) is 3.66. The smallest absolute Gasteiger partial charge is 0.248 e. The molecule has 2 rings (SSSR count). The fourth-order valence-corrected chi connectivity index (χ4v) is 2.16. The van der Waals surface area contributed by atoms with Gasteiger partial charge >= 0.3 is 0 Å². The minimum atomic E-state index is -0.312. The van der Waals surface area contributed by atoms with Crippen LogP contribution in [0.25, 0.3) is 10.9 Å². The zero-order chi connectivity index (χ0) is 14.0. The van der Waals surface area contributed by atoms with Crippen LogP contribution in [0.5, 0.6) is 5.75 Å². The van der Waals surface area contributed by atoms with E-state index >= 15 is 0 Å². The predicted molar refractivity (Wildman–Crippen MR) is 73.7 cm³/mol. The summed E-state index contributed by atoms with van der Waals surface area (Å²) in [5.74, 6) is -0.0937. The highest BCUT2D eigenvalue weighted by atomic mass is 16.3. The molecule has 0 bridgehead atoms. The van der Waals surface area contributed by atoms with E-state index in [1.165, 1.54) is 12.1 Å². The molecule has 1 atom stereocenters.